The molecule has 0 heterocycles. The molecule has 0 bridgehead atoms. The first-order chi connectivity index (χ1) is 3.55. The zero-order chi connectivity index (χ0) is 6.73. The molecule has 0 fully saturated rings. The summed E-state index contributed by atoms with van der Waals surface area (Å²) >= 11 is 0. The first-order valence-electron chi connectivity index (χ1n) is 3.31. The van der Waals surface area contributed by atoms with Crippen molar-refractivity contribution >= 4 is 0 Å². The van der Waals surface area contributed by atoms with Gasteiger partial charge in [0, 0.05) is 6.04 Å². The highest BCUT2D eigenvalue weighted by Gasteiger charge is 2.10. The summed E-state index contributed by atoms with van der Waals surface area (Å²) in [5.74, 6) is 1.37. The van der Waals surface area contributed by atoms with Gasteiger partial charge in [-0.25, -0.2) is 0 Å². The second-order valence-electron chi connectivity index (χ2n) is 2.96. The van der Waals surface area contributed by atoms with E-state index in [1.807, 2.05) is 0 Å². The van der Waals surface area contributed by atoms with Gasteiger partial charge in [-0.1, -0.05) is 20.8 Å². The summed E-state index contributed by atoms with van der Waals surface area (Å²) in [6, 6.07) is 0.343. The van der Waals surface area contributed by atoms with Gasteiger partial charge in [0.25, 0.3) is 0 Å². The van der Waals surface area contributed by atoms with Crippen LogP contribution in [0.15, 0.2) is 0 Å². The first kappa shape index (κ1) is 7.96. The van der Waals surface area contributed by atoms with Crippen molar-refractivity contribution in [1.82, 2.24) is 0 Å². The third-order valence-corrected chi connectivity index (χ3v) is 1.88. The normalized spacial score (nSPS) is 18.8. The Balaban J connectivity index is 3.46. The van der Waals surface area contributed by atoms with E-state index < -0.39 is 0 Å². The molecule has 0 spiro atoms. The minimum absolute atomic E-state index is 0.343. The van der Waals surface area contributed by atoms with Crippen LogP contribution in [0.3, 0.4) is 0 Å². The molecule has 2 atom stereocenters. The predicted octanol–water partition coefficient (Wildman–Crippen LogP) is 1.63. The molecule has 0 saturated heterocycles. The minimum Gasteiger partial charge on any atom is -0.328 e. The maximum Gasteiger partial charge on any atom is 0.00385 e. The molecule has 0 radical (unpaired) electrons. The molecule has 0 saturated carbocycles. The fourth-order valence-electron chi connectivity index (χ4n) is 0.607. The fourth-order valence-corrected chi connectivity index (χ4v) is 0.607. The third kappa shape index (κ3) is 2.31. The Morgan fingerprint density at radius 2 is 1.38 bits per heavy atom. The van der Waals surface area contributed by atoms with Crippen LogP contribution in [-0.4, -0.2) is 6.04 Å². The third-order valence-electron chi connectivity index (χ3n) is 1.88. The molecule has 0 amide bonds. The highest BCUT2D eigenvalue weighted by atomic mass is 14.6. The first-order valence-corrected chi connectivity index (χ1v) is 3.31. The summed E-state index contributed by atoms with van der Waals surface area (Å²) in [7, 11) is 0. The molecule has 0 aliphatic carbocycles. The van der Waals surface area contributed by atoms with E-state index in [9.17, 15) is 0 Å². The van der Waals surface area contributed by atoms with Crippen molar-refractivity contribution in [3.05, 3.63) is 0 Å². The molecule has 0 unspecified atom stereocenters. The van der Waals surface area contributed by atoms with E-state index in [0.29, 0.717) is 12.0 Å². The van der Waals surface area contributed by atoms with Crippen molar-refractivity contribution in [3.8, 4) is 0 Å². The standard InChI is InChI=1S/C7H17N/c1-5(2)6(3)7(4)8/h5-7H,8H2,1-4H3/t6-,7+/m1/s1. The average molecular weight is 115 g/mol. The van der Waals surface area contributed by atoms with Gasteiger partial charge >= 0.3 is 0 Å². The van der Waals surface area contributed by atoms with Crippen LogP contribution < -0.4 is 5.73 Å². The SMILES string of the molecule is CC(C)[C@@H](C)[C@H](C)N. The number of rotatable bonds is 2. The lowest BCUT2D eigenvalue weighted by Crippen LogP contribution is -2.27. The summed E-state index contributed by atoms with van der Waals surface area (Å²) in [5.41, 5.74) is 5.64. The zero-order valence-electron chi connectivity index (χ0n) is 6.31. The van der Waals surface area contributed by atoms with Gasteiger partial charge in [-0.05, 0) is 18.8 Å². The van der Waals surface area contributed by atoms with Gasteiger partial charge in [0.15, 0.2) is 0 Å². The van der Waals surface area contributed by atoms with Crippen molar-refractivity contribution in [1.29, 1.82) is 0 Å². The number of hydrogen-bond donors (Lipinski definition) is 1. The quantitative estimate of drug-likeness (QED) is 0.581. The topological polar surface area (TPSA) is 26.0 Å². The van der Waals surface area contributed by atoms with E-state index in [2.05, 4.69) is 27.7 Å². The van der Waals surface area contributed by atoms with Gasteiger partial charge in [-0.2, -0.15) is 0 Å². The van der Waals surface area contributed by atoms with Crippen molar-refractivity contribution in [2.24, 2.45) is 17.6 Å². The summed E-state index contributed by atoms with van der Waals surface area (Å²) in [5, 5.41) is 0. The Bertz CT molecular complexity index is 49.4. The van der Waals surface area contributed by atoms with E-state index in [0.717, 1.165) is 5.92 Å². The van der Waals surface area contributed by atoms with Gasteiger partial charge in [0.2, 0.25) is 0 Å². The van der Waals surface area contributed by atoms with Gasteiger partial charge in [0.05, 0.1) is 0 Å². The van der Waals surface area contributed by atoms with E-state index in [-0.39, 0.29) is 0 Å². The molecular formula is C7H17N. The zero-order valence-corrected chi connectivity index (χ0v) is 6.31. The van der Waals surface area contributed by atoms with Gasteiger partial charge < -0.3 is 5.73 Å². The molecule has 1 nitrogen and oxygen atoms in total. The second-order valence-corrected chi connectivity index (χ2v) is 2.96. The van der Waals surface area contributed by atoms with E-state index in [4.69, 9.17) is 5.73 Å². The Morgan fingerprint density at radius 1 is 1.00 bits per heavy atom. The van der Waals surface area contributed by atoms with Gasteiger partial charge in [-0.3, -0.25) is 0 Å². The summed E-state index contributed by atoms with van der Waals surface area (Å²) in [6.45, 7) is 8.65. The lowest BCUT2D eigenvalue weighted by atomic mass is 9.92. The molecule has 0 aromatic rings. The van der Waals surface area contributed by atoms with Crippen LogP contribution in [0.1, 0.15) is 27.7 Å². The van der Waals surface area contributed by atoms with Crippen LogP contribution in [0.25, 0.3) is 0 Å². The smallest absolute Gasteiger partial charge is 0.00385 e. The second kappa shape index (κ2) is 3.08. The van der Waals surface area contributed by atoms with E-state index >= 15 is 0 Å². The van der Waals surface area contributed by atoms with E-state index in [1.54, 1.807) is 0 Å². The molecule has 2 N–H and O–H groups in total. The van der Waals surface area contributed by atoms with Crippen molar-refractivity contribution in [3.63, 3.8) is 0 Å². The summed E-state index contributed by atoms with van der Waals surface area (Å²) in [4.78, 5) is 0. The predicted molar refractivity (Wildman–Crippen MR) is 37.7 cm³/mol. The number of hydrogen-bond acceptors (Lipinski definition) is 1. The van der Waals surface area contributed by atoms with Crippen molar-refractivity contribution < 1.29 is 0 Å². The van der Waals surface area contributed by atoms with Gasteiger partial charge in [0.1, 0.15) is 0 Å². The summed E-state index contributed by atoms with van der Waals surface area (Å²) in [6.07, 6.45) is 0. The highest BCUT2D eigenvalue weighted by molar-refractivity contribution is 4.65. The molecule has 50 valence electrons. The van der Waals surface area contributed by atoms with Crippen LogP contribution in [0.5, 0.6) is 0 Å². The van der Waals surface area contributed by atoms with E-state index in [1.165, 1.54) is 0 Å². The highest BCUT2D eigenvalue weighted by Crippen LogP contribution is 2.11. The van der Waals surface area contributed by atoms with Crippen LogP contribution in [-0.2, 0) is 0 Å². The monoisotopic (exact) mass is 115 g/mol. The number of nitrogens with two attached hydrogens (primary N) is 1. The lowest BCUT2D eigenvalue weighted by Gasteiger charge is -2.18. The molecule has 0 rings (SSSR count). The Labute approximate surface area is 52.3 Å². The van der Waals surface area contributed by atoms with Crippen LogP contribution in [0.2, 0.25) is 0 Å². The minimum atomic E-state index is 0.343. The maximum atomic E-state index is 5.64. The summed E-state index contributed by atoms with van der Waals surface area (Å²) < 4.78 is 0. The largest absolute Gasteiger partial charge is 0.328 e. The molecule has 1 heteroatoms. The fraction of sp³-hybridized carbons (Fsp3) is 1.00. The van der Waals surface area contributed by atoms with Crippen LogP contribution >= 0.6 is 0 Å². The van der Waals surface area contributed by atoms with Crippen molar-refractivity contribution in [2.45, 2.75) is 33.7 Å². The van der Waals surface area contributed by atoms with Crippen LogP contribution in [0.4, 0.5) is 0 Å². The molecule has 8 heavy (non-hydrogen) atoms. The molecule has 0 aromatic carbocycles. The Kier molecular flexibility index (Phi) is 3.06. The van der Waals surface area contributed by atoms with Crippen LogP contribution in [0, 0.1) is 11.8 Å². The lowest BCUT2D eigenvalue weighted by molar-refractivity contribution is 0.362. The van der Waals surface area contributed by atoms with Gasteiger partial charge in [-0.15, -0.1) is 0 Å². The molecule has 0 aliphatic heterocycles. The Hall–Kier alpha value is -0.0400. The Morgan fingerprint density at radius 3 is 1.38 bits per heavy atom. The van der Waals surface area contributed by atoms with Crippen molar-refractivity contribution in [2.75, 3.05) is 0 Å². The maximum absolute atomic E-state index is 5.64. The average Bonchev–Trinajstić information content (AvgIpc) is 1.64. The molecular weight excluding hydrogens is 98.1 g/mol. The molecule has 0 aromatic heterocycles. The molecule has 0 aliphatic rings.